The molecule has 0 aromatic heterocycles. The largest absolute Gasteiger partial charge is 0.393 e. The van der Waals surface area contributed by atoms with Crippen LogP contribution >= 0.6 is 11.6 Å². The standard InChI is InChI=1S/C13H17ClFNO2/c1-8(6-9(2)17)7-16-13(18)10-4-3-5-11(15)12(10)14/h3-5,8-9,17H,6-7H2,1-2H3,(H,16,18). The van der Waals surface area contributed by atoms with Crippen LogP contribution in [-0.4, -0.2) is 23.7 Å². The van der Waals surface area contributed by atoms with E-state index in [-0.39, 0.29) is 16.5 Å². The minimum atomic E-state index is -0.610. The molecule has 18 heavy (non-hydrogen) atoms. The first-order valence-corrected chi connectivity index (χ1v) is 6.20. The number of hydrogen-bond acceptors (Lipinski definition) is 2. The number of carbonyl (C=O) groups is 1. The van der Waals surface area contributed by atoms with Crippen molar-refractivity contribution in [1.82, 2.24) is 5.32 Å². The summed E-state index contributed by atoms with van der Waals surface area (Å²) in [6.07, 6.45) is 0.187. The average molecular weight is 274 g/mol. The lowest BCUT2D eigenvalue weighted by Crippen LogP contribution is -2.29. The van der Waals surface area contributed by atoms with E-state index >= 15 is 0 Å². The summed E-state index contributed by atoms with van der Waals surface area (Å²) < 4.78 is 13.2. The van der Waals surface area contributed by atoms with Gasteiger partial charge in [0.1, 0.15) is 5.82 Å². The van der Waals surface area contributed by atoms with Gasteiger partial charge in [0.25, 0.3) is 5.91 Å². The van der Waals surface area contributed by atoms with Gasteiger partial charge in [0.2, 0.25) is 0 Å². The summed E-state index contributed by atoms with van der Waals surface area (Å²) in [5.74, 6) is -0.875. The zero-order valence-corrected chi connectivity index (χ0v) is 11.2. The van der Waals surface area contributed by atoms with Crippen molar-refractivity contribution in [1.29, 1.82) is 0 Å². The number of aliphatic hydroxyl groups is 1. The normalized spacial score (nSPS) is 14.1. The third-order valence-corrected chi connectivity index (χ3v) is 2.93. The second kappa shape index (κ2) is 6.71. The number of amides is 1. The molecule has 0 heterocycles. The van der Waals surface area contributed by atoms with Gasteiger partial charge in [0.05, 0.1) is 16.7 Å². The van der Waals surface area contributed by atoms with Crippen molar-refractivity contribution in [2.24, 2.45) is 5.92 Å². The van der Waals surface area contributed by atoms with Crippen LogP contribution in [-0.2, 0) is 0 Å². The summed E-state index contributed by atoms with van der Waals surface area (Å²) in [5.41, 5.74) is 0.126. The van der Waals surface area contributed by atoms with Crippen LogP contribution in [0, 0.1) is 11.7 Å². The molecule has 1 aromatic carbocycles. The molecule has 0 fully saturated rings. The first-order valence-electron chi connectivity index (χ1n) is 5.82. The van der Waals surface area contributed by atoms with Crippen molar-refractivity contribution in [3.05, 3.63) is 34.6 Å². The summed E-state index contributed by atoms with van der Waals surface area (Å²) >= 11 is 5.71. The zero-order valence-electron chi connectivity index (χ0n) is 10.4. The second-order valence-electron chi connectivity index (χ2n) is 4.50. The number of halogens is 2. The molecule has 0 aliphatic carbocycles. The Morgan fingerprint density at radius 2 is 2.17 bits per heavy atom. The van der Waals surface area contributed by atoms with Gasteiger partial charge in [-0.25, -0.2) is 4.39 Å². The van der Waals surface area contributed by atoms with Crippen LogP contribution in [0.4, 0.5) is 4.39 Å². The molecular weight excluding hydrogens is 257 g/mol. The highest BCUT2D eigenvalue weighted by atomic mass is 35.5. The Labute approximate surface area is 111 Å². The third-order valence-electron chi connectivity index (χ3n) is 2.55. The van der Waals surface area contributed by atoms with Gasteiger partial charge >= 0.3 is 0 Å². The van der Waals surface area contributed by atoms with E-state index in [1.807, 2.05) is 6.92 Å². The van der Waals surface area contributed by atoms with E-state index < -0.39 is 17.8 Å². The molecule has 0 saturated heterocycles. The van der Waals surface area contributed by atoms with E-state index in [0.29, 0.717) is 13.0 Å². The highest BCUT2D eigenvalue weighted by Crippen LogP contribution is 2.19. The molecule has 3 nitrogen and oxygen atoms in total. The molecule has 1 amide bonds. The van der Waals surface area contributed by atoms with Gasteiger partial charge < -0.3 is 10.4 Å². The Morgan fingerprint density at radius 1 is 1.50 bits per heavy atom. The van der Waals surface area contributed by atoms with Gasteiger partial charge in [-0.1, -0.05) is 24.6 Å². The van der Waals surface area contributed by atoms with Crippen LogP contribution in [0.25, 0.3) is 0 Å². The molecule has 0 bridgehead atoms. The van der Waals surface area contributed by atoms with E-state index in [1.54, 1.807) is 6.92 Å². The van der Waals surface area contributed by atoms with Crippen LogP contribution < -0.4 is 5.32 Å². The molecular formula is C13H17ClFNO2. The number of aliphatic hydroxyl groups excluding tert-OH is 1. The molecule has 0 radical (unpaired) electrons. The lowest BCUT2D eigenvalue weighted by Gasteiger charge is -2.14. The number of nitrogens with one attached hydrogen (secondary N) is 1. The molecule has 2 atom stereocenters. The molecule has 1 rings (SSSR count). The number of carbonyl (C=O) groups excluding carboxylic acids is 1. The second-order valence-corrected chi connectivity index (χ2v) is 4.88. The van der Waals surface area contributed by atoms with Gasteiger partial charge in [0.15, 0.2) is 0 Å². The lowest BCUT2D eigenvalue weighted by molar-refractivity contribution is 0.0939. The quantitative estimate of drug-likeness (QED) is 0.866. The van der Waals surface area contributed by atoms with Crippen LogP contribution in [0.5, 0.6) is 0 Å². The molecule has 100 valence electrons. The average Bonchev–Trinajstić information content (AvgIpc) is 2.29. The Balaban J connectivity index is 2.58. The lowest BCUT2D eigenvalue weighted by atomic mass is 10.0. The molecule has 0 spiro atoms. The fraction of sp³-hybridized carbons (Fsp3) is 0.462. The molecule has 2 unspecified atom stereocenters. The van der Waals surface area contributed by atoms with Crippen molar-refractivity contribution in [3.63, 3.8) is 0 Å². The Kier molecular flexibility index (Phi) is 5.56. The number of benzene rings is 1. The smallest absolute Gasteiger partial charge is 0.252 e. The van der Waals surface area contributed by atoms with Gasteiger partial charge in [-0.2, -0.15) is 0 Å². The summed E-state index contributed by atoms with van der Waals surface area (Å²) in [6, 6.07) is 4.12. The van der Waals surface area contributed by atoms with Crippen molar-refractivity contribution in [2.45, 2.75) is 26.4 Å². The first-order chi connectivity index (χ1) is 8.41. The summed E-state index contributed by atoms with van der Waals surface area (Å²) in [7, 11) is 0. The Bertz CT molecular complexity index is 423. The SMILES string of the molecule is CC(O)CC(C)CNC(=O)c1cccc(F)c1Cl. The Hall–Kier alpha value is -1.13. The topological polar surface area (TPSA) is 49.3 Å². The van der Waals surface area contributed by atoms with E-state index in [9.17, 15) is 14.3 Å². The fourth-order valence-corrected chi connectivity index (χ4v) is 1.92. The fourth-order valence-electron chi connectivity index (χ4n) is 1.71. The molecule has 2 N–H and O–H groups in total. The van der Waals surface area contributed by atoms with Gasteiger partial charge in [0, 0.05) is 6.54 Å². The Morgan fingerprint density at radius 3 is 2.78 bits per heavy atom. The maximum atomic E-state index is 13.2. The molecule has 5 heteroatoms. The molecule has 0 aliphatic heterocycles. The number of rotatable bonds is 5. The van der Waals surface area contributed by atoms with E-state index in [0.717, 1.165) is 0 Å². The van der Waals surface area contributed by atoms with Crippen LogP contribution in [0.1, 0.15) is 30.6 Å². The van der Waals surface area contributed by atoms with Gasteiger partial charge in [-0.05, 0) is 31.4 Å². The van der Waals surface area contributed by atoms with Gasteiger partial charge in [-0.3, -0.25) is 4.79 Å². The summed E-state index contributed by atoms with van der Waals surface area (Å²) in [5, 5.41) is 11.7. The molecule has 1 aromatic rings. The van der Waals surface area contributed by atoms with E-state index in [1.165, 1.54) is 18.2 Å². The van der Waals surface area contributed by atoms with Crippen LogP contribution in [0.2, 0.25) is 5.02 Å². The summed E-state index contributed by atoms with van der Waals surface area (Å²) in [4.78, 5) is 11.8. The maximum Gasteiger partial charge on any atom is 0.252 e. The molecule has 0 saturated carbocycles. The van der Waals surface area contributed by atoms with Crippen molar-refractivity contribution < 1.29 is 14.3 Å². The van der Waals surface area contributed by atoms with Crippen molar-refractivity contribution >= 4 is 17.5 Å². The predicted molar refractivity (Wildman–Crippen MR) is 69.2 cm³/mol. The van der Waals surface area contributed by atoms with E-state index in [2.05, 4.69) is 5.32 Å². The first kappa shape index (κ1) is 14.9. The van der Waals surface area contributed by atoms with E-state index in [4.69, 9.17) is 11.6 Å². The molecule has 0 aliphatic rings. The van der Waals surface area contributed by atoms with Crippen molar-refractivity contribution in [3.8, 4) is 0 Å². The maximum absolute atomic E-state index is 13.2. The number of hydrogen-bond donors (Lipinski definition) is 2. The summed E-state index contributed by atoms with van der Waals surface area (Å²) in [6.45, 7) is 4.03. The highest BCUT2D eigenvalue weighted by molar-refractivity contribution is 6.34. The minimum absolute atomic E-state index is 0.126. The zero-order chi connectivity index (χ0) is 13.7. The highest BCUT2D eigenvalue weighted by Gasteiger charge is 2.14. The predicted octanol–water partition coefficient (Wildman–Crippen LogP) is 2.62. The van der Waals surface area contributed by atoms with Crippen molar-refractivity contribution in [2.75, 3.05) is 6.54 Å². The van der Waals surface area contributed by atoms with Crippen LogP contribution in [0.15, 0.2) is 18.2 Å². The van der Waals surface area contributed by atoms with Crippen LogP contribution in [0.3, 0.4) is 0 Å². The third kappa shape index (κ3) is 4.27. The monoisotopic (exact) mass is 273 g/mol. The minimum Gasteiger partial charge on any atom is -0.393 e. The van der Waals surface area contributed by atoms with Gasteiger partial charge in [-0.15, -0.1) is 0 Å².